The number of hydrogen-bond acceptors (Lipinski definition) is 6. The van der Waals surface area contributed by atoms with Gasteiger partial charge in [0.25, 0.3) is 10.0 Å². The van der Waals surface area contributed by atoms with Crippen molar-refractivity contribution in [1.29, 1.82) is 0 Å². The SMILES string of the molecule is Cc1nn2c(S(=O)(=O)NCc3cccs3)c(C(C)C)nc2s1. The third kappa shape index (κ3) is 2.81. The molecule has 0 aliphatic carbocycles. The van der Waals surface area contributed by atoms with E-state index in [9.17, 15) is 8.42 Å². The topological polar surface area (TPSA) is 76.4 Å². The molecule has 0 atom stereocenters. The first-order valence-corrected chi connectivity index (χ1v) is 9.94. The molecule has 0 aliphatic heterocycles. The van der Waals surface area contributed by atoms with E-state index in [0.717, 1.165) is 9.88 Å². The van der Waals surface area contributed by atoms with Crippen LogP contribution in [0.3, 0.4) is 0 Å². The van der Waals surface area contributed by atoms with Crippen LogP contribution in [0.25, 0.3) is 4.96 Å². The molecule has 22 heavy (non-hydrogen) atoms. The van der Waals surface area contributed by atoms with E-state index < -0.39 is 10.0 Å². The fraction of sp³-hybridized carbons (Fsp3) is 0.385. The average Bonchev–Trinajstić information content (AvgIpc) is 3.10. The van der Waals surface area contributed by atoms with Crippen LogP contribution in [0, 0.1) is 6.92 Å². The predicted octanol–water partition coefficient (Wildman–Crippen LogP) is 2.76. The van der Waals surface area contributed by atoms with Gasteiger partial charge in [-0.15, -0.1) is 11.3 Å². The minimum Gasteiger partial charge on any atom is -0.221 e. The third-order valence-corrected chi connectivity index (χ3v) is 6.22. The van der Waals surface area contributed by atoms with Crippen molar-refractivity contribution in [3.8, 4) is 0 Å². The zero-order valence-corrected chi connectivity index (χ0v) is 14.8. The second-order valence-electron chi connectivity index (χ2n) is 5.18. The van der Waals surface area contributed by atoms with Gasteiger partial charge in [-0.2, -0.15) is 9.61 Å². The zero-order valence-electron chi connectivity index (χ0n) is 12.4. The number of aryl methyl sites for hydroxylation is 1. The lowest BCUT2D eigenvalue weighted by molar-refractivity contribution is 0.570. The molecule has 0 fully saturated rings. The first-order chi connectivity index (χ1) is 10.4. The Balaban J connectivity index is 2.04. The van der Waals surface area contributed by atoms with Gasteiger partial charge in [0.2, 0.25) is 4.96 Å². The summed E-state index contributed by atoms with van der Waals surface area (Å²) >= 11 is 2.90. The highest BCUT2D eigenvalue weighted by atomic mass is 32.2. The Kier molecular flexibility index (Phi) is 4.06. The van der Waals surface area contributed by atoms with Gasteiger partial charge in [0.1, 0.15) is 5.01 Å². The van der Waals surface area contributed by atoms with Crippen LogP contribution in [0.2, 0.25) is 0 Å². The van der Waals surface area contributed by atoms with Gasteiger partial charge in [-0.1, -0.05) is 31.3 Å². The maximum Gasteiger partial charge on any atom is 0.260 e. The van der Waals surface area contributed by atoms with Crippen LogP contribution in [0.15, 0.2) is 22.5 Å². The van der Waals surface area contributed by atoms with Gasteiger partial charge in [-0.25, -0.2) is 18.1 Å². The lowest BCUT2D eigenvalue weighted by atomic mass is 10.2. The number of fused-ring (bicyclic) bond motifs is 1. The number of aromatic nitrogens is 3. The van der Waals surface area contributed by atoms with E-state index in [1.807, 2.05) is 38.3 Å². The van der Waals surface area contributed by atoms with Gasteiger partial charge in [-0.05, 0) is 24.3 Å². The first kappa shape index (κ1) is 15.6. The molecule has 0 aromatic carbocycles. The van der Waals surface area contributed by atoms with E-state index >= 15 is 0 Å². The Morgan fingerprint density at radius 3 is 2.82 bits per heavy atom. The number of rotatable bonds is 5. The molecular formula is C13H16N4O2S3. The standard InChI is InChI=1S/C13H16N4O2S3/c1-8(2)11-12(17-13(15-11)21-9(3)16-17)22(18,19)14-7-10-5-4-6-20-10/h4-6,8,14H,7H2,1-3H3. The van der Waals surface area contributed by atoms with Gasteiger partial charge < -0.3 is 0 Å². The van der Waals surface area contributed by atoms with E-state index in [-0.39, 0.29) is 17.5 Å². The molecule has 0 saturated heterocycles. The van der Waals surface area contributed by atoms with Gasteiger partial charge in [-0.3, -0.25) is 0 Å². The Hall–Kier alpha value is -1.29. The van der Waals surface area contributed by atoms with Crippen LogP contribution in [-0.4, -0.2) is 23.0 Å². The van der Waals surface area contributed by atoms with Crippen molar-refractivity contribution >= 4 is 37.7 Å². The van der Waals surface area contributed by atoms with Crippen LogP contribution in [0.1, 0.15) is 35.3 Å². The molecule has 0 saturated carbocycles. The van der Waals surface area contributed by atoms with Crippen LogP contribution in [0.4, 0.5) is 0 Å². The van der Waals surface area contributed by atoms with Crippen molar-refractivity contribution in [2.75, 3.05) is 0 Å². The fourth-order valence-corrected chi connectivity index (χ4v) is 5.05. The number of thiophene rings is 1. The molecule has 118 valence electrons. The summed E-state index contributed by atoms with van der Waals surface area (Å²) in [6.07, 6.45) is 0. The maximum atomic E-state index is 12.7. The number of nitrogens with one attached hydrogen (secondary N) is 1. The predicted molar refractivity (Wildman–Crippen MR) is 88.0 cm³/mol. The van der Waals surface area contributed by atoms with Crippen LogP contribution in [0.5, 0.6) is 0 Å². The lowest BCUT2D eigenvalue weighted by Gasteiger charge is -2.08. The summed E-state index contributed by atoms with van der Waals surface area (Å²) in [4.78, 5) is 6.02. The highest BCUT2D eigenvalue weighted by molar-refractivity contribution is 7.89. The van der Waals surface area contributed by atoms with Crippen LogP contribution < -0.4 is 4.72 Å². The Morgan fingerprint density at radius 1 is 1.41 bits per heavy atom. The second kappa shape index (κ2) is 5.73. The van der Waals surface area contributed by atoms with E-state index in [1.165, 1.54) is 27.2 Å². The number of hydrogen-bond donors (Lipinski definition) is 1. The largest absolute Gasteiger partial charge is 0.260 e. The zero-order chi connectivity index (χ0) is 15.9. The summed E-state index contributed by atoms with van der Waals surface area (Å²) in [5, 5.41) is 7.14. The normalized spacial score (nSPS) is 12.5. The van der Waals surface area contributed by atoms with E-state index in [4.69, 9.17) is 0 Å². The molecule has 3 aromatic rings. The summed E-state index contributed by atoms with van der Waals surface area (Å²) in [5.74, 6) is 0.00233. The molecule has 0 unspecified atom stereocenters. The summed E-state index contributed by atoms with van der Waals surface area (Å²) < 4.78 is 29.6. The van der Waals surface area contributed by atoms with E-state index in [2.05, 4.69) is 14.8 Å². The Labute approximate surface area is 136 Å². The number of imidazole rings is 1. The number of nitrogens with zero attached hydrogens (tertiary/aromatic N) is 3. The van der Waals surface area contributed by atoms with Crippen LogP contribution in [-0.2, 0) is 16.6 Å². The molecule has 1 N–H and O–H groups in total. The molecule has 9 heteroatoms. The molecule has 0 bridgehead atoms. The average molecular weight is 356 g/mol. The minimum absolute atomic E-state index is 0.00233. The summed E-state index contributed by atoms with van der Waals surface area (Å²) in [6.45, 7) is 5.97. The molecule has 0 aliphatic rings. The highest BCUT2D eigenvalue weighted by Gasteiger charge is 2.28. The smallest absolute Gasteiger partial charge is 0.221 e. The minimum atomic E-state index is -3.68. The summed E-state index contributed by atoms with van der Waals surface area (Å²) in [5.41, 5.74) is 0.553. The Bertz CT molecular complexity index is 891. The van der Waals surface area contributed by atoms with E-state index in [0.29, 0.717) is 10.7 Å². The molecular weight excluding hydrogens is 340 g/mol. The summed E-state index contributed by atoms with van der Waals surface area (Å²) in [6, 6.07) is 3.80. The first-order valence-electron chi connectivity index (χ1n) is 6.76. The van der Waals surface area contributed by atoms with Gasteiger partial charge >= 0.3 is 0 Å². The van der Waals surface area contributed by atoms with Crippen molar-refractivity contribution in [2.24, 2.45) is 0 Å². The van der Waals surface area contributed by atoms with E-state index in [1.54, 1.807) is 0 Å². The van der Waals surface area contributed by atoms with Crippen molar-refractivity contribution in [1.82, 2.24) is 19.3 Å². The van der Waals surface area contributed by atoms with Crippen LogP contribution >= 0.6 is 22.7 Å². The number of sulfonamides is 1. The molecule has 0 radical (unpaired) electrons. The van der Waals surface area contributed by atoms with Crippen molar-refractivity contribution in [3.63, 3.8) is 0 Å². The third-order valence-electron chi connectivity index (χ3n) is 3.11. The van der Waals surface area contributed by atoms with Gasteiger partial charge in [0, 0.05) is 11.4 Å². The van der Waals surface area contributed by atoms with Gasteiger partial charge in [0.15, 0.2) is 5.03 Å². The monoisotopic (exact) mass is 356 g/mol. The summed E-state index contributed by atoms with van der Waals surface area (Å²) in [7, 11) is -3.68. The molecule has 3 heterocycles. The second-order valence-corrected chi connectivity index (χ2v) is 9.05. The molecule has 0 spiro atoms. The maximum absolute atomic E-state index is 12.7. The Morgan fingerprint density at radius 2 is 2.18 bits per heavy atom. The molecule has 0 amide bonds. The lowest BCUT2D eigenvalue weighted by Crippen LogP contribution is -2.25. The quantitative estimate of drug-likeness (QED) is 0.763. The van der Waals surface area contributed by atoms with Crippen molar-refractivity contribution < 1.29 is 8.42 Å². The van der Waals surface area contributed by atoms with Crippen molar-refractivity contribution in [2.45, 2.75) is 38.3 Å². The fourth-order valence-electron chi connectivity index (χ4n) is 2.12. The van der Waals surface area contributed by atoms with Crippen molar-refractivity contribution in [3.05, 3.63) is 33.1 Å². The molecule has 3 rings (SSSR count). The molecule has 3 aromatic heterocycles. The van der Waals surface area contributed by atoms with Gasteiger partial charge in [0.05, 0.1) is 5.69 Å². The molecule has 6 nitrogen and oxygen atoms in total. The highest BCUT2D eigenvalue weighted by Crippen LogP contribution is 2.27.